The maximum Gasteiger partial charge on any atom is 0.435 e. The minimum absolute atomic E-state index is 0.132. The number of halogens is 12. The van der Waals surface area contributed by atoms with E-state index in [9.17, 15) is 52.7 Å². The summed E-state index contributed by atoms with van der Waals surface area (Å²) in [5.41, 5.74) is -6.86. The van der Waals surface area contributed by atoms with Gasteiger partial charge in [-0.1, -0.05) is 0 Å². The van der Waals surface area contributed by atoms with E-state index < -0.39 is 95.2 Å². The lowest BCUT2D eigenvalue weighted by Gasteiger charge is -2.30. The Hall–Kier alpha value is -2.42. The van der Waals surface area contributed by atoms with Crippen LogP contribution >= 0.6 is 0 Å². The Kier molecular flexibility index (Phi) is 6.24. The van der Waals surface area contributed by atoms with Gasteiger partial charge in [0.2, 0.25) is 0 Å². The lowest BCUT2D eigenvalue weighted by molar-refractivity contribution is -0.149. The van der Waals surface area contributed by atoms with Crippen LogP contribution in [-0.2, 0) is 30.1 Å². The fourth-order valence-corrected chi connectivity index (χ4v) is 5.06. The average Bonchev–Trinajstić information content (AvgIpc) is 3.14. The molecule has 4 nitrogen and oxygen atoms in total. The number of hydrogen-bond acceptors (Lipinski definition) is 2. The molecule has 1 fully saturated rings. The molecule has 16 heteroatoms. The van der Waals surface area contributed by atoms with Gasteiger partial charge in [-0.15, -0.1) is 0 Å². The van der Waals surface area contributed by atoms with Gasteiger partial charge in [0.1, 0.15) is 11.4 Å². The molecule has 0 saturated heterocycles. The summed E-state index contributed by atoms with van der Waals surface area (Å²) in [7, 11) is 0. The van der Waals surface area contributed by atoms with Gasteiger partial charge in [0.15, 0.2) is 11.4 Å². The number of aromatic nitrogens is 4. The van der Waals surface area contributed by atoms with Gasteiger partial charge in [-0.3, -0.25) is 9.36 Å². The van der Waals surface area contributed by atoms with Crippen LogP contribution in [-0.4, -0.2) is 19.6 Å². The molecule has 2 aromatic rings. The molecule has 0 aromatic carbocycles. The van der Waals surface area contributed by atoms with Gasteiger partial charge in [0, 0.05) is 36.4 Å². The topological polar surface area (TPSA) is 35.6 Å². The van der Waals surface area contributed by atoms with E-state index in [4.69, 9.17) is 0 Å². The number of nitrogens with zero attached hydrogens (tertiary/aromatic N) is 4. The highest BCUT2D eigenvalue weighted by Gasteiger charge is 2.68. The molecule has 0 amide bonds. The van der Waals surface area contributed by atoms with E-state index >= 15 is 0 Å². The average molecular weight is 570 g/mol. The second-order valence-corrected chi connectivity index (χ2v) is 10.2. The number of hydrogen-bond donors (Lipinski definition) is 0. The first kappa shape index (κ1) is 28.6. The zero-order valence-corrected chi connectivity index (χ0v) is 20.3. The summed E-state index contributed by atoms with van der Waals surface area (Å²) < 4.78 is 161. The van der Waals surface area contributed by atoms with Gasteiger partial charge < -0.3 is 0 Å². The Morgan fingerprint density at radius 2 is 1.16 bits per heavy atom. The van der Waals surface area contributed by atoms with Crippen molar-refractivity contribution in [3.05, 3.63) is 33.9 Å². The van der Waals surface area contributed by atoms with Gasteiger partial charge >= 0.3 is 12.4 Å². The Balaban J connectivity index is 0.000000178. The highest BCUT2D eigenvalue weighted by Crippen LogP contribution is 2.68. The summed E-state index contributed by atoms with van der Waals surface area (Å²) in [4.78, 5) is 0. The van der Waals surface area contributed by atoms with Crippen LogP contribution in [0, 0.1) is 5.92 Å². The number of alkyl halides is 12. The maximum absolute atomic E-state index is 14.0. The van der Waals surface area contributed by atoms with Crippen molar-refractivity contribution in [3.8, 4) is 0 Å². The van der Waals surface area contributed by atoms with Crippen LogP contribution in [0.15, 0.2) is 0 Å². The van der Waals surface area contributed by atoms with Crippen molar-refractivity contribution in [2.75, 3.05) is 0 Å². The van der Waals surface area contributed by atoms with Crippen molar-refractivity contribution >= 4 is 0 Å². The first-order valence-electron chi connectivity index (χ1n) is 11.6. The molecule has 0 aliphatic heterocycles. The monoisotopic (exact) mass is 570 g/mol. The summed E-state index contributed by atoms with van der Waals surface area (Å²) >= 11 is 0. The Bertz CT molecular complexity index is 1230. The van der Waals surface area contributed by atoms with Gasteiger partial charge in [-0.25, -0.2) is 8.78 Å². The summed E-state index contributed by atoms with van der Waals surface area (Å²) in [6.07, 6.45) is -12.3. The van der Waals surface area contributed by atoms with Gasteiger partial charge in [0.25, 0.3) is 17.8 Å². The number of rotatable bonds is 2. The third-order valence-electron chi connectivity index (χ3n) is 6.78. The zero-order valence-electron chi connectivity index (χ0n) is 20.3. The van der Waals surface area contributed by atoms with Crippen LogP contribution in [0.1, 0.15) is 98.9 Å². The lowest BCUT2D eigenvalue weighted by atomic mass is 9.89. The third kappa shape index (κ3) is 4.34. The smallest absolute Gasteiger partial charge is 0.260 e. The molecule has 0 bridgehead atoms. The highest BCUT2D eigenvalue weighted by molar-refractivity contribution is 5.47. The van der Waals surface area contributed by atoms with Crippen molar-refractivity contribution in [1.82, 2.24) is 19.6 Å². The van der Waals surface area contributed by atoms with Crippen molar-refractivity contribution in [2.45, 2.75) is 95.1 Å². The largest absolute Gasteiger partial charge is 0.435 e. The molecule has 3 aliphatic rings. The first-order valence-corrected chi connectivity index (χ1v) is 11.6. The van der Waals surface area contributed by atoms with E-state index in [1.807, 2.05) is 0 Å². The molecule has 2 heterocycles. The van der Waals surface area contributed by atoms with Crippen LogP contribution in [0.3, 0.4) is 0 Å². The molecule has 0 radical (unpaired) electrons. The molecular formula is C22H22F12N4. The molecule has 0 N–H and O–H groups in total. The van der Waals surface area contributed by atoms with Gasteiger partial charge in [-0.2, -0.15) is 54.1 Å². The molecule has 38 heavy (non-hydrogen) atoms. The summed E-state index contributed by atoms with van der Waals surface area (Å²) in [6.45, 7) is 5.70. The van der Waals surface area contributed by atoms with Crippen LogP contribution < -0.4 is 0 Å². The fraction of sp³-hybridized carbons (Fsp3) is 0.727. The highest BCUT2D eigenvalue weighted by atomic mass is 19.4. The molecule has 0 spiro atoms. The molecule has 214 valence electrons. The van der Waals surface area contributed by atoms with E-state index in [1.165, 1.54) is 13.8 Å². The van der Waals surface area contributed by atoms with E-state index in [0.717, 1.165) is 4.68 Å². The fourth-order valence-electron chi connectivity index (χ4n) is 5.06. The summed E-state index contributed by atoms with van der Waals surface area (Å²) in [6, 6.07) is -1.40. The molecule has 5 rings (SSSR count). The van der Waals surface area contributed by atoms with Crippen LogP contribution in [0.5, 0.6) is 0 Å². The maximum atomic E-state index is 14.0. The molecule has 2 aromatic heterocycles. The predicted molar refractivity (Wildman–Crippen MR) is 107 cm³/mol. The number of fused-ring (bicyclic) bond motifs is 4. The lowest BCUT2D eigenvalue weighted by Crippen LogP contribution is -2.33. The minimum atomic E-state index is -5.21. The Labute approximate surface area is 208 Å². The van der Waals surface area contributed by atoms with Crippen molar-refractivity contribution in [1.29, 1.82) is 0 Å². The van der Waals surface area contributed by atoms with E-state index in [-0.39, 0.29) is 12.0 Å². The Morgan fingerprint density at radius 1 is 0.711 bits per heavy atom. The predicted octanol–water partition coefficient (Wildman–Crippen LogP) is 8.15. The summed E-state index contributed by atoms with van der Waals surface area (Å²) in [5.74, 6) is -12.5. The van der Waals surface area contributed by atoms with Crippen LogP contribution in [0.25, 0.3) is 0 Å². The van der Waals surface area contributed by atoms with Crippen molar-refractivity contribution in [3.63, 3.8) is 0 Å². The van der Waals surface area contributed by atoms with Crippen molar-refractivity contribution < 1.29 is 52.7 Å². The molecule has 3 aliphatic carbocycles. The molecule has 2 atom stereocenters. The second-order valence-electron chi connectivity index (χ2n) is 10.2. The molecule has 1 saturated carbocycles. The summed E-state index contributed by atoms with van der Waals surface area (Å²) in [5, 5.41) is 6.37. The quantitative estimate of drug-likeness (QED) is 0.342. The van der Waals surface area contributed by atoms with Gasteiger partial charge in [-0.05, 0) is 40.0 Å². The van der Waals surface area contributed by atoms with E-state index in [1.54, 1.807) is 13.8 Å². The van der Waals surface area contributed by atoms with Gasteiger partial charge in [0.05, 0.1) is 5.56 Å². The molecule has 2 unspecified atom stereocenters. The Morgan fingerprint density at radius 3 is 1.63 bits per heavy atom. The minimum Gasteiger partial charge on any atom is -0.260 e. The second kappa shape index (κ2) is 8.29. The standard InChI is InChI=1S/C11H11F7N2.C11H11F5N2/c1-5(2)20-8-6(7(19-20)11(16,17)18)9(12,13)3-4-10(8,14)15;1-4(2)18-9-7(8(17-18)11(14,15)16)5-3-6(5)10(9,12)13/h5H,3-4H2,1-2H3;4-6H,3H2,1-2H3. The van der Waals surface area contributed by atoms with Crippen LogP contribution in [0.2, 0.25) is 0 Å². The zero-order chi connectivity index (χ0) is 29.0. The third-order valence-corrected chi connectivity index (χ3v) is 6.78. The van der Waals surface area contributed by atoms with E-state index in [0.29, 0.717) is 4.68 Å². The first-order chi connectivity index (χ1) is 17.0. The normalized spacial score (nSPS) is 24.6. The SMILES string of the molecule is CC(C)n1nc(C(F)(F)F)c2c1C(F)(F)C1CC21.CC(C)n1nc(C(F)(F)F)c2c1C(F)(F)CCC2(F)F. The van der Waals surface area contributed by atoms with Crippen molar-refractivity contribution in [2.24, 2.45) is 5.92 Å². The van der Waals surface area contributed by atoms with Crippen LogP contribution in [0.4, 0.5) is 52.7 Å². The molecular weight excluding hydrogens is 548 g/mol. The van der Waals surface area contributed by atoms with E-state index in [2.05, 4.69) is 10.2 Å².